The maximum Gasteiger partial charge on any atom is 0.454 e. The molecule has 118 valence electrons. The Balaban J connectivity index is 1.87. The fourth-order valence-corrected chi connectivity index (χ4v) is 2.27. The monoisotopic (exact) mass is 319 g/mol. The molecule has 3 aromatic rings. The van der Waals surface area contributed by atoms with Gasteiger partial charge in [0.15, 0.2) is 0 Å². The van der Waals surface area contributed by atoms with Crippen LogP contribution in [0.2, 0.25) is 0 Å². The normalized spacial score (nSPS) is 11.6. The number of hydrogen-bond donors (Lipinski definition) is 1. The molecular formula is C17H12F3NO2. The van der Waals surface area contributed by atoms with Gasteiger partial charge in [-0.15, -0.1) is 0 Å². The van der Waals surface area contributed by atoms with E-state index < -0.39 is 17.5 Å². The summed E-state index contributed by atoms with van der Waals surface area (Å²) in [5.74, 6) is -1.47. The number of ketones is 1. The molecule has 0 amide bonds. The standard InChI is InChI=1S/C17H12F3NO2/c18-17(19,20)16(22)14-9-21-15-7-6-12(8-13(14)15)23-10-11-4-2-1-3-5-11/h1-9,21H,10H2. The lowest BCUT2D eigenvalue weighted by molar-refractivity contribution is -0.0884. The molecular weight excluding hydrogens is 307 g/mol. The predicted octanol–water partition coefficient (Wildman–Crippen LogP) is 4.49. The number of carbonyl (C=O) groups excluding carboxylic acids is 1. The first-order valence-electron chi connectivity index (χ1n) is 6.84. The number of fused-ring (bicyclic) bond motifs is 1. The summed E-state index contributed by atoms with van der Waals surface area (Å²) < 4.78 is 43.4. The first kappa shape index (κ1) is 15.1. The van der Waals surface area contributed by atoms with Crippen molar-refractivity contribution in [3.05, 3.63) is 65.9 Å². The van der Waals surface area contributed by atoms with Crippen LogP contribution in [-0.4, -0.2) is 16.9 Å². The first-order valence-corrected chi connectivity index (χ1v) is 6.84. The van der Waals surface area contributed by atoms with Crippen LogP contribution in [-0.2, 0) is 6.61 Å². The van der Waals surface area contributed by atoms with Crippen LogP contribution in [0.4, 0.5) is 13.2 Å². The summed E-state index contributed by atoms with van der Waals surface area (Å²) in [4.78, 5) is 14.1. The van der Waals surface area contributed by atoms with Gasteiger partial charge in [-0.05, 0) is 23.8 Å². The van der Waals surface area contributed by atoms with E-state index in [4.69, 9.17) is 4.74 Å². The average Bonchev–Trinajstić information content (AvgIpc) is 2.95. The summed E-state index contributed by atoms with van der Waals surface area (Å²) in [5, 5.41) is 0.192. The van der Waals surface area contributed by atoms with Crippen LogP contribution < -0.4 is 4.74 Å². The van der Waals surface area contributed by atoms with E-state index in [0.29, 0.717) is 17.9 Å². The Morgan fingerprint density at radius 3 is 2.52 bits per heavy atom. The van der Waals surface area contributed by atoms with Gasteiger partial charge in [-0.3, -0.25) is 4.79 Å². The molecule has 0 radical (unpaired) electrons. The minimum Gasteiger partial charge on any atom is -0.489 e. The van der Waals surface area contributed by atoms with Gasteiger partial charge < -0.3 is 9.72 Å². The second-order valence-electron chi connectivity index (χ2n) is 5.01. The second-order valence-corrected chi connectivity index (χ2v) is 5.01. The van der Waals surface area contributed by atoms with Crippen LogP contribution in [0.3, 0.4) is 0 Å². The number of alkyl halides is 3. The third-order valence-corrected chi connectivity index (χ3v) is 3.40. The molecule has 23 heavy (non-hydrogen) atoms. The fraction of sp³-hybridized carbons (Fsp3) is 0.118. The molecule has 0 aliphatic heterocycles. The van der Waals surface area contributed by atoms with Gasteiger partial charge in [0.1, 0.15) is 12.4 Å². The predicted molar refractivity (Wildman–Crippen MR) is 79.5 cm³/mol. The number of aromatic amines is 1. The quantitative estimate of drug-likeness (QED) is 0.720. The van der Waals surface area contributed by atoms with Gasteiger partial charge in [-0.25, -0.2) is 0 Å². The van der Waals surface area contributed by atoms with Crippen LogP contribution in [0.15, 0.2) is 54.7 Å². The molecule has 0 aliphatic carbocycles. The number of aromatic nitrogens is 1. The van der Waals surface area contributed by atoms with Crippen molar-refractivity contribution in [1.29, 1.82) is 0 Å². The largest absolute Gasteiger partial charge is 0.489 e. The Morgan fingerprint density at radius 1 is 1.09 bits per heavy atom. The smallest absolute Gasteiger partial charge is 0.454 e. The number of benzene rings is 2. The fourth-order valence-electron chi connectivity index (χ4n) is 2.27. The lowest BCUT2D eigenvalue weighted by atomic mass is 10.1. The highest BCUT2D eigenvalue weighted by molar-refractivity contribution is 6.10. The summed E-state index contributed by atoms with van der Waals surface area (Å²) in [6.45, 7) is 0.291. The van der Waals surface area contributed by atoms with Crippen molar-refractivity contribution in [3.8, 4) is 5.75 Å². The number of hydrogen-bond acceptors (Lipinski definition) is 2. The van der Waals surface area contributed by atoms with E-state index in [1.807, 2.05) is 30.3 Å². The average molecular weight is 319 g/mol. The maximum absolute atomic E-state index is 12.6. The summed E-state index contributed by atoms with van der Waals surface area (Å²) in [5.41, 5.74) is 0.982. The third-order valence-electron chi connectivity index (χ3n) is 3.40. The van der Waals surface area contributed by atoms with E-state index in [1.165, 1.54) is 6.07 Å². The van der Waals surface area contributed by atoms with Crippen LogP contribution >= 0.6 is 0 Å². The van der Waals surface area contributed by atoms with Crippen LogP contribution in [0.5, 0.6) is 5.75 Å². The van der Waals surface area contributed by atoms with Gasteiger partial charge in [0.05, 0.1) is 5.56 Å². The van der Waals surface area contributed by atoms with Crippen LogP contribution in [0.1, 0.15) is 15.9 Å². The molecule has 0 fully saturated rings. The van der Waals surface area contributed by atoms with E-state index in [1.54, 1.807) is 12.1 Å². The van der Waals surface area contributed by atoms with Crippen molar-refractivity contribution < 1.29 is 22.7 Å². The zero-order valence-electron chi connectivity index (χ0n) is 11.9. The van der Waals surface area contributed by atoms with E-state index in [-0.39, 0.29) is 5.39 Å². The Bertz CT molecular complexity index is 838. The molecule has 6 heteroatoms. The lowest BCUT2D eigenvalue weighted by Gasteiger charge is -2.07. The van der Waals surface area contributed by atoms with Gasteiger partial charge >= 0.3 is 6.18 Å². The number of rotatable bonds is 4. The molecule has 0 atom stereocenters. The SMILES string of the molecule is O=C(c1c[nH]c2ccc(OCc3ccccc3)cc12)C(F)(F)F. The molecule has 0 bridgehead atoms. The molecule has 0 saturated carbocycles. The topological polar surface area (TPSA) is 42.1 Å². The molecule has 1 N–H and O–H groups in total. The van der Waals surface area contributed by atoms with Crippen LogP contribution in [0, 0.1) is 0 Å². The van der Waals surface area contributed by atoms with Crippen molar-refractivity contribution >= 4 is 16.7 Å². The third kappa shape index (κ3) is 3.21. The molecule has 1 heterocycles. The second kappa shape index (κ2) is 5.79. The molecule has 0 unspecified atom stereocenters. The number of Topliss-reactive ketones (excluding diaryl/α,β-unsaturated/α-hetero) is 1. The highest BCUT2D eigenvalue weighted by Crippen LogP contribution is 2.29. The number of nitrogens with one attached hydrogen (secondary N) is 1. The maximum atomic E-state index is 12.6. The van der Waals surface area contributed by atoms with Crippen molar-refractivity contribution in [3.63, 3.8) is 0 Å². The van der Waals surface area contributed by atoms with Crippen LogP contribution in [0.25, 0.3) is 10.9 Å². The molecule has 0 aliphatic rings. The van der Waals surface area contributed by atoms with Gasteiger partial charge in [0.2, 0.25) is 0 Å². The molecule has 0 spiro atoms. The molecule has 3 nitrogen and oxygen atoms in total. The van der Waals surface area contributed by atoms with Crippen molar-refractivity contribution in [2.24, 2.45) is 0 Å². The summed E-state index contributed by atoms with van der Waals surface area (Å²) >= 11 is 0. The van der Waals surface area contributed by atoms with Crippen molar-refractivity contribution in [2.75, 3.05) is 0 Å². The van der Waals surface area contributed by atoms with E-state index in [2.05, 4.69) is 4.98 Å². The number of H-pyrrole nitrogens is 1. The molecule has 2 aromatic carbocycles. The van der Waals surface area contributed by atoms with Gasteiger partial charge in [-0.1, -0.05) is 30.3 Å². The molecule has 1 aromatic heterocycles. The van der Waals surface area contributed by atoms with E-state index in [9.17, 15) is 18.0 Å². The Labute approximate surface area is 129 Å². The Hall–Kier alpha value is -2.76. The van der Waals surface area contributed by atoms with Crippen molar-refractivity contribution in [1.82, 2.24) is 4.98 Å². The Kier molecular flexibility index (Phi) is 3.82. The summed E-state index contributed by atoms with van der Waals surface area (Å²) in [6, 6.07) is 14.0. The highest BCUT2D eigenvalue weighted by atomic mass is 19.4. The summed E-state index contributed by atoms with van der Waals surface area (Å²) in [7, 11) is 0. The minimum absolute atomic E-state index is 0.192. The number of carbonyl (C=O) groups is 1. The van der Waals surface area contributed by atoms with Gasteiger partial charge in [0, 0.05) is 17.1 Å². The molecule has 0 saturated heterocycles. The van der Waals surface area contributed by atoms with Crippen molar-refractivity contribution in [2.45, 2.75) is 12.8 Å². The Morgan fingerprint density at radius 2 is 1.83 bits per heavy atom. The van der Waals surface area contributed by atoms with E-state index >= 15 is 0 Å². The zero-order chi connectivity index (χ0) is 16.4. The minimum atomic E-state index is -4.91. The van der Waals surface area contributed by atoms with Gasteiger partial charge in [0.25, 0.3) is 5.78 Å². The molecule has 3 rings (SSSR count). The number of ether oxygens (including phenoxy) is 1. The highest BCUT2D eigenvalue weighted by Gasteiger charge is 2.40. The lowest BCUT2D eigenvalue weighted by Crippen LogP contribution is -2.22. The van der Waals surface area contributed by atoms with Gasteiger partial charge in [-0.2, -0.15) is 13.2 Å². The zero-order valence-corrected chi connectivity index (χ0v) is 11.9. The number of halogens is 3. The van der Waals surface area contributed by atoms with E-state index in [0.717, 1.165) is 11.8 Å². The first-order chi connectivity index (χ1) is 10.9. The summed E-state index contributed by atoms with van der Waals surface area (Å²) in [6.07, 6.45) is -3.84.